The summed E-state index contributed by atoms with van der Waals surface area (Å²) in [5, 5.41) is 0. The number of hydrogen-bond acceptors (Lipinski definition) is 3. The predicted molar refractivity (Wildman–Crippen MR) is 50.3 cm³/mol. The molecule has 0 aliphatic carbocycles. The van der Waals surface area contributed by atoms with Crippen LogP contribution in [-0.4, -0.2) is 6.29 Å². The van der Waals surface area contributed by atoms with E-state index < -0.39 is 0 Å². The van der Waals surface area contributed by atoms with Gasteiger partial charge in [0.25, 0.3) is 0 Å². The smallest absolute Gasteiger partial charge is 0.152 e. The van der Waals surface area contributed by atoms with Crippen molar-refractivity contribution in [3.63, 3.8) is 0 Å². The quantitative estimate of drug-likeness (QED) is 0.420. The number of anilines is 1. The van der Waals surface area contributed by atoms with Gasteiger partial charge in [-0.3, -0.25) is 4.79 Å². The van der Waals surface area contributed by atoms with Crippen LogP contribution in [0.15, 0.2) is 18.2 Å². The molecule has 13 heavy (non-hydrogen) atoms. The summed E-state index contributed by atoms with van der Waals surface area (Å²) in [5.41, 5.74) is 6.39. The fourth-order valence-electron chi connectivity index (χ4n) is 0.834. The van der Waals surface area contributed by atoms with E-state index in [0.717, 1.165) is 0 Å². The summed E-state index contributed by atoms with van der Waals surface area (Å²) < 4.78 is 4.98. The van der Waals surface area contributed by atoms with Crippen molar-refractivity contribution in [3.05, 3.63) is 23.8 Å². The SMILES string of the molecule is CC#COc1ccc(C=O)c(N)c1. The van der Waals surface area contributed by atoms with E-state index in [0.29, 0.717) is 23.3 Å². The zero-order chi connectivity index (χ0) is 9.68. The number of carbonyl (C=O) groups is 1. The second kappa shape index (κ2) is 4.17. The third-order valence-corrected chi connectivity index (χ3v) is 1.46. The Morgan fingerprint density at radius 3 is 2.85 bits per heavy atom. The van der Waals surface area contributed by atoms with E-state index in [9.17, 15) is 4.79 Å². The number of carbonyl (C=O) groups excluding carboxylic acids is 1. The monoisotopic (exact) mass is 175 g/mol. The van der Waals surface area contributed by atoms with Crippen molar-refractivity contribution in [2.75, 3.05) is 5.73 Å². The maximum absolute atomic E-state index is 10.4. The molecule has 0 radical (unpaired) electrons. The molecule has 3 heteroatoms. The van der Waals surface area contributed by atoms with Gasteiger partial charge in [0.2, 0.25) is 0 Å². The minimum absolute atomic E-state index is 0.394. The first kappa shape index (κ1) is 9.14. The second-order valence-electron chi connectivity index (χ2n) is 2.36. The molecular weight excluding hydrogens is 166 g/mol. The van der Waals surface area contributed by atoms with E-state index in [4.69, 9.17) is 10.5 Å². The van der Waals surface area contributed by atoms with Gasteiger partial charge in [0.15, 0.2) is 6.29 Å². The van der Waals surface area contributed by atoms with Crippen molar-refractivity contribution in [3.8, 4) is 17.8 Å². The van der Waals surface area contributed by atoms with Gasteiger partial charge >= 0.3 is 0 Å². The second-order valence-corrected chi connectivity index (χ2v) is 2.36. The van der Waals surface area contributed by atoms with Crippen LogP contribution in [0.1, 0.15) is 17.3 Å². The zero-order valence-electron chi connectivity index (χ0n) is 7.20. The lowest BCUT2D eigenvalue weighted by atomic mass is 10.2. The molecule has 2 N–H and O–H groups in total. The van der Waals surface area contributed by atoms with Crippen LogP contribution in [0, 0.1) is 12.0 Å². The van der Waals surface area contributed by atoms with Gasteiger partial charge in [-0.25, -0.2) is 0 Å². The maximum Gasteiger partial charge on any atom is 0.152 e. The van der Waals surface area contributed by atoms with Gasteiger partial charge in [-0.05, 0) is 12.1 Å². The van der Waals surface area contributed by atoms with Crippen molar-refractivity contribution >= 4 is 12.0 Å². The fraction of sp³-hybridized carbons (Fsp3) is 0.100. The summed E-state index contributed by atoms with van der Waals surface area (Å²) in [6, 6.07) is 4.80. The van der Waals surface area contributed by atoms with Crippen LogP contribution < -0.4 is 10.5 Å². The average Bonchev–Trinajstić information content (AvgIpc) is 2.15. The topological polar surface area (TPSA) is 52.3 Å². The Hall–Kier alpha value is -1.95. The highest BCUT2D eigenvalue weighted by Gasteiger charge is 1.99. The van der Waals surface area contributed by atoms with E-state index >= 15 is 0 Å². The van der Waals surface area contributed by atoms with Crippen LogP contribution in [0.4, 0.5) is 5.69 Å². The fourth-order valence-corrected chi connectivity index (χ4v) is 0.834. The Labute approximate surface area is 76.5 Å². The Morgan fingerprint density at radius 1 is 1.54 bits per heavy atom. The number of nitrogens with two attached hydrogens (primary N) is 1. The first-order chi connectivity index (χ1) is 6.27. The first-order valence-electron chi connectivity index (χ1n) is 3.71. The standard InChI is InChI=1S/C10H9NO2/c1-2-5-13-9-4-3-8(7-12)10(11)6-9/h3-4,6-7H,11H2,1H3. The Morgan fingerprint density at radius 2 is 2.31 bits per heavy atom. The molecule has 0 saturated carbocycles. The van der Waals surface area contributed by atoms with Crippen LogP contribution in [-0.2, 0) is 0 Å². The van der Waals surface area contributed by atoms with Gasteiger partial charge in [-0.1, -0.05) is 5.92 Å². The van der Waals surface area contributed by atoms with E-state index in [1.165, 1.54) is 0 Å². The van der Waals surface area contributed by atoms with Gasteiger partial charge in [0.1, 0.15) is 11.9 Å². The normalized spacial score (nSPS) is 8.38. The molecule has 0 saturated heterocycles. The van der Waals surface area contributed by atoms with Gasteiger partial charge < -0.3 is 10.5 Å². The third kappa shape index (κ3) is 2.24. The minimum atomic E-state index is 0.394. The molecule has 0 spiro atoms. The molecule has 1 aromatic carbocycles. The molecule has 3 nitrogen and oxygen atoms in total. The number of aldehydes is 1. The van der Waals surface area contributed by atoms with Crippen LogP contribution in [0.25, 0.3) is 0 Å². The Balaban J connectivity index is 2.93. The molecular formula is C10H9NO2. The van der Waals surface area contributed by atoms with Crippen molar-refractivity contribution in [1.29, 1.82) is 0 Å². The van der Waals surface area contributed by atoms with Crippen molar-refractivity contribution in [2.45, 2.75) is 6.92 Å². The van der Waals surface area contributed by atoms with Gasteiger partial charge in [-0.15, -0.1) is 0 Å². The summed E-state index contributed by atoms with van der Waals surface area (Å²) in [5.74, 6) is 3.12. The molecule has 0 amide bonds. The minimum Gasteiger partial charge on any atom is -0.408 e. The van der Waals surface area contributed by atoms with Crippen molar-refractivity contribution in [2.24, 2.45) is 0 Å². The van der Waals surface area contributed by atoms with Crippen LogP contribution in [0.3, 0.4) is 0 Å². The number of ether oxygens (including phenoxy) is 1. The van der Waals surface area contributed by atoms with Crippen LogP contribution in [0.2, 0.25) is 0 Å². The lowest BCUT2D eigenvalue weighted by Gasteiger charge is -2.00. The highest BCUT2D eigenvalue weighted by Crippen LogP contribution is 2.17. The number of nitrogen functional groups attached to an aromatic ring is 1. The summed E-state index contributed by atoms with van der Waals surface area (Å²) in [6.07, 6.45) is 3.13. The Bertz CT molecular complexity index is 374. The van der Waals surface area contributed by atoms with Crippen molar-refractivity contribution in [1.82, 2.24) is 0 Å². The van der Waals surface area contributed by atoms with E-state index in [1.54, 1.807) is 25.1 Å². The Kier molecular flexibility index (Phi) is 2.93. The highest BCUT2D eigenvalue weighted by atomic mass is 16.5. The molecule has 0 aliphatic rings. The van der Waals surface area contributed by atoms with Gasteiger partial charge in [0.05, 0.1) is 0 Å². The highest BCUT2D eigenvalue weighted by molar-refractivity contribution is 5.83. The van der Waals surface area contributed by atoms with Crippen molar-refractivity contribution < 1.29 is 9.53 Å². The summed E-state index contributed by atoms with van der Waals surface area (Å²) in [4.78, 5) is 10.4. The summed E-state index contributed by atoms with van der Waals surface area (Å²) in [7, 11) is 0. The zero-order valence-corrected chi connectivity index (χ0v) is 7.20. The van der Waals surface area contributed by atoms with Gasteiger partial charge in [0, 0.05) is 24.2 Å². The first-order valence-corrected chi connectivity index (χ1v) is 3.71. The average molecular weight is 175 g/mol. The largest absolute Gasteiger partial charge is 0.408 e. The van der Waals surface area contributed by atoms with Crippen LogP contribution in [0.5, 0.6) is 5.75 Å². The predicted octanol–water partition coefficient (Wildman–Crippen LogP) is 1.44. The molecule has 1 rings (SSSR count). The summed E-state index contributed by atoms with van der Waals surface area (Å²) in [6.45, 7) is 1.67. The molecule has 0 heterocycles. The number of benzene rings is 1. The molecule has 0 aromatic heterocycles. The van der Waals surface area contributed by atoms with Crippen LogP contribution >= 0.6 is 0 Å². The lowest BCUT2D eigenvalue weighted by molar-refractivity contribution is 0.112. The molecule has 0 aliphatic heterocycles. The molecule has 0 bridgehead atoms. The molecule has 1 aromatic rings. The summed E-state index contributed by atoms with van der Waals surface area (Å²) >= 11 is 0. The maximum atomic E-state index is 10.4. The molecule has 0 fully saturated rings. The molecule has 0 unspecified atom stereocenters. The van der Waals surface area contributed by atoms with E-state index in [2.05, 4.69) is 12.0 Å². The number of rotatable bonds is 2. The molecule has 66 valence electrons. The number of hydrogen-bond donors (Lipinski definition) is 1. The van der Waals surface area contributed by atoms with Gasteiger partial charge in [-0.2, -0.15) is 0 Å². The van der Waals surface area contributed by atoms with E-state index in [1.807, 2.05) is 0 Å². The molecule has 0 atom stereocenters. The lowest BCUT2D eigenvalue weighted by Crippen LogP contribution is -1.93. The third-order valence-electron chi connectivity index (χ3n) is 1.46. The van der Waals surface area contributed by atoms with E-state index in [-0.39, 0.29) is 0 Å².